The topological polar surface area (TPSA) is 63.4 Å². The standard InChI is InChI=1S/C23H38N2O3Si/c1-7-27-22-20(24-23(28-8-2)21(25-22)17(3)4)16-18-10-12-19(13-11-18)29(5,6)15-9-14-26/h10-13,17,20-21,26H,7-9,14-16H2,1-6H3/t20-,21+/m0/s1. The van der Waals surface area contributed by atoms with E-state index in [0.717, 1.165) is 30.7 Å². The highest BCUT2D eigenvalue weighted by Gasteiger charge is 2.31. The van der Waals surface area contributed by atoms with Crippen LogP contribution in [0.1, 0.15) is 39.7 Å². The van der Waals surface area contributed by atoms with Crippen molar-refractivity contribution in [2.45, 2.75) is 71.8 Å². The first-order valence-corrected chi connectivity index (χ1v) is 14.1. The number of aliphatic imine (C=N–C) groups is 2. The van der Waals surface area contributed by atoms with Gasteiger partial charge in [-0.2, -0.15) is 0 Å². The van der Waals surface area contributed by atoms with E-state index in [-0.39, 0.29) is 18.7 Å². The molecule has 6 heteroatoms. The molecule has 1 aliphatic heterocycles. The van der Waals surface area contributed by atoms with Crippen molar-refractivity contribution in [3.05, 3.63) is 29.8 Å². The molecule has 0 aliphatic carbocycles. The van der Waals surface area contributed by atoms with E-state index in [0.29, 0.717) is 19.1 Å². The van der Waals surface area contributed by atoms with E-state index in [9.17, 15) is 0 Å². The van der Waals surface area contributed by atoms with E-state index in [1.807, 2.05) is 13.8 Å². The molecular weight excluding hydrogens is 380 g/mol. The lowest BCUT2D eigenvalue weighted by atomic mass is 10.0. The van der Waals surface area contributed by atoms with Crippen LogP contribution in [0.2, 0.25) is 19.1 Å². The summed E-state index contributed by atoms with van der Waals surface area (Å²) in [6, 6.07) is 9.80. The molecule has 0 saturated carbocycles. The Bertz CT molecular complexity index is 699. The van der Waals surface area contributed by atoms with Crippen molar-refractivity contribution >= 4 is 25.1 Å². The number of hydrogen-bond donors (Lipinski definition) is 1. The minimum absolute atomic E-state index is 0.0755. The molecule has 0 unspecified atom stereocenters. The highest BCUT2D eigenvalue weighted by Crippen LogP contribution is 2.21. The molecule has 29 heavy (non-hydrogen) atoms. The molecule has 5 nitrogen and oxygen atoms in total. The Balaban J connectivity index is 2.20. The Morgan fingerprint density at radius 1 is 1.00 bits per heavy atom. The summed E-state index contributed by atoms with van der Waals surface area (Å²) in [4.78, 5) is 9.76. The predicted octanol–water partition coefficient (Wildman–Crippen LogP) is 3.80. The minimum atomic E-state index is -1.50. The van der Waals surface area contributed by atoms with Crippen molar-refractivity contribution in [2.24, 2.45) is 15.9 Å². The van der Waals surface area contributed by atoms with Gasteiger partial charge >= 0.3 is 0 Å². The van der Waals surface area contributed by atoms with Crippen molar-refractivity contribution in [1.29, 1.82) is 0 Å². The van der Waals surface area contributed by atoms with Crippen LogP contribution in [-0.4, -0.2) is 56.9 Å². The Morgan fingerprint density at radius 3 is 2.17 bits per heavy atom. The van der Waals surface area contributed by atoms with Crippen molar-refractivity contribution in [2.75, 3.05) is 19.8 Å². The summed E-state index contributed by atoms with van der Waals surface area (Å²) in [5.41, 5.74) is 1.22. The molecule has 0 spiro atoms. The fraction of sp³-hybridized carbons (Fsp3) is 0.652. The average molecular weight is 419 g/mol. The predicted molar refractivity (Wildman–Crippen MR) is 124 cm³/mol. The highest BCUT2D eigenvalue weighted by molar-refractivity contribution is 6.89. The fourth-order valence-electron chi connectivity index (χ4n) is 3.66. The van der Waals surface area contributed by atoms with Crippen LogP contribution in [0.25, 0.3) is 0 Å². The Kier molecular flexibility index (Phi) is 8.90. The van der Waals surface area contributed by atoms with E-state index < -0.39 is 8.07 Å². The molecule has 162 valence electrons. The van der Waals surface area contributed by atoms with Crippen LogP contribution in [0.15, 0.2) is 34.3 Å². The zero-order valence-corrected chi connectivity index (χ0v) is 19.9. The van der Waals surface area contributed by atoms with Gasteiger partial charge in [0.2, 0.25) is 11.8 Å². The maximum Gasteiger partial charge on any atom is 0.210 e. The SMILES string of the molecule is CCOC1=N[C@H](C(C)C)C(OCC)=N[C@H]1Cc1ccc([Si](C)(C)CCCO)cc1. The van der Waals surface area contributed by atoms with Gasteiger partial charge in [0.15, 0.2) is 0 Å². The van der Waals surface area contributed by atoms with E-state index >= 15 is 0 Å². The fourth-order valence-corrected chi connectivity index (χ4v) is 6.06. The second kappa shape index (κ2) is 10.9. The van der Waals surface area contributed by atoms with Crippen LogP contribution in [0.3, 0.4) is 0 Å². The zero-order valence-electron chi connectivity index (χ0n) is 18.9. The summed E-state index contributed by atoms with van der Waals surface area (Å²) in [5, 5.41) is 10.6. The summed E-state index contributed by atoms with van der Waals surface area (Å²) >= 11 is 0. The third-order valence-electron chi connectivity index (χ3n) is 5.43. The van der Waals surface area contributed by atoms with Gasteiger partial charge in [-0.3, -0.25) is 0 Å². The van der Waals surface area contributed by atoms with E-state index in [1.165, 1.54) is 10.8 Å². The van der Waals surface area contributed by atoms with Gasteiger partial charge in [-0.1, -0.05) is 62.4 Å². The molecule has 1 aromatic carbocycles. The maximum atomic E-state index is 9.16. The number of rotatable bonds is 9. The van der Waals surface area contributed by atoms with Gasteiger partial charge in [-0.15, -0.1) is 0 Å². The first kappa shape index (κ1) is 23.6. The van der Waals surface area contributed by atoms with E-state index in [1.54, 1.807) is 0 Å². The molecule has 0 amide bonds. The second-order valence-electron chi connectivity index (χ2n) is 8.62. The van der Waals surface area contributed by atoms with Gasteiger partial charge in [0.25, 0.3) is 0 Å². The number of nitrogens with zero attached hydrogens (tertiary/aromatic N) is 2. The van der Waals surface area contributed by atoms with Gasteiger partial charge in [-0.25, -0.2) is 9.98 Å². The van der Waals surface area contributed by atoms with Crippen LogP contribution in [0.5, 0.6) is 0 Å². The molecule has 0 saturated heterocycles. The first-order chi connectivity index (χ1) is 13.8. The molecule has 1 aliphatic rings. The van der Waals surface area contributed by atoms with Crippen molar-refractivity contribution < 1.29 is 14.6 Å². The number of benzene rings is 1. The largest absolute Gasteiger partial charge is 0.480 e. The number of hydrogen-bond acceptors (Lipinski definition) is 5. The van der Waals surface area contributed by atoms with Gasteiger partial charge in [0.1, 0.15) is 12.1 Å². The first-order valence-electron chi connectivity index (χ1n) is 10.9. The summed E-state index contributed by atoms with van der Waals surface area (Å²) in [6.45, 7) is 14.4. The normalized spacial score (nSPS) is 19.7. The van der Waals surface area contributed by atoms with Gasteiger partial charge in [0, 0.05) is 13.0 Å². The molecule has 1 heterocycles. The van der Waals surface area contributed by atoms with Crippen LogP contribution in [0, 0.1) is 5.92 Å². The Hall–Kier alpha value is -1.66. The zero-order chi connectivity index (χ0) is 21.4. The maximum absolute atomic E-state index is 9.16. The lowest BCUT2D eigenvalue weighted by Crippen LogP contribution is -2.41. The van der Waals surface area contributed by atoms with Crippen molar-refractivity contribution in [1.82, 2.24) is 0 Å². The van der Waals surface area contributed by atoms with Crippen molar-refractivity contribution in [3.8, 4) is 0 Å². The molecular formula is C23H38N2O3Si. The number of ether oxygens (including phenoxy) is 2. The lowest BCUT2D eigenvalue weighted by Gasteiger charge is -2.28. The van der Waals surface area contributed by atoms with Crippen LogP contribution in [0.4, 0.5) is 0 Å². The quantitative estimate of drug-likeness (QED) is 0.620. The summed E-state index contributed by atoms with van der Waals surface area (Å²) < 4.78 is 11.7. The number of aliphatic hydroxyl groups excluding tert-OH is 1. The summed E-state index contributed by atoms with van der Waals surface area (Å²) in [5.74, 6) is 1.75. The highest BCUT2D eigenvalue weighted by atomic mass is 28.3. The third-order valence-corrected chi connectivity index (χ3v) is 8.93. The van der Waals surface area contributed by atoms with Crippen LogP contribution in [-0.2, 0) is 15.9 Å². The van der Waals surface area contributed by atoms with Gasteiger partial charge in [-0.05, 0) is 31.7 Å². The molecule has 0 fully saturated rings. The molecule has 1 aromatic rings. The molecule has 0 bridgehead atoms. The molecule has 2 rings (SSSR count). The van der Waals surface area contributed by atoms with Crippen LogP contribution < -0.4 is 5.19 Å². The summed E-state index contributed by atoms with van der Waals surface area (Å²) in [7, 11) is -1.50. The molecule has 0 radical (unpaired) electrons. The monoisotopic (exact) mass is 418 g/mol. The Morgan fingerprint density at radius 2 is 1.62 bits per heavy atom. The second-order valence-corrected chi connectivity index (χ2v) is 13.5. The summed E-state index contributed by atoms with van der Waals surface area (Å²) in [6.07, 6.45) is 1.63. The lowest BCUT2D eigenvalue weighted by molar-refractivity contribution is 0.276. The molecule has 1 N–H and O–H groups in total. The van der Waals surface area contributed by atoms with Crippen molar-refractivity contribution in [3.63, 3.8) is 0 Å². The number of aliphatic hydroxyl groups is 1. The smallest absolute Gasteiger partial charge is 0.210 e. The van der Waals surface area contributed by atoms with Gasteiger partial charge < -0.3 is 14.6 Å². The molecule has 0 aromatic heterocycles. The van der Waals surface area contributed by atoms with E-state index in [4.69, 9.17) is 24.6 Å². The minimum Gasteiger partial charge on any atom is -0.480 e. The van der Waals surface area contributed by atoms with Gasteiger partial charge in [0.05, 0.1) is 21.3 Å². The Labute approximate surface area is 177 Å². The third kappa shape index (κ3) is 6.41. The van der Waals surface area contributed by atoms with E-state index in [2.05, 4.69) is 51.2 Å². The average Bonchev–Trinajstić information content (AvgIpc) is 2.69. The van der Waals surface area contributed by atoms with Crippen LogP contribution >= 0.6 is 0 Å². The molecule has 2 atom stereocenters.